The average Bonchev–Trinajstić information content (AvgIpc) is 3.06. The van der Waals surface area contributed by atoms with Gasteiger partial charge < -0.3 is 9.88 Å². The summed E-state index contributed by atoms with van der Waals surface area (Å²) in [6.45, 7) is 2.02. The Morgan fingerprint density at radius 1 is 1.48 bits per heavy atom. The van der Waals surface area contributed by atoms with Gasteiger partial charge in [-0.3, -0.25) is 4.79 Å². The third-order valence-electron chi connectivity index (χ3n) is 4.10. The first-order valence-electron chi connectivity index (χ1n) is 7.39. The van der Waals surface area contributed by atoms with Gasteiger partial charge in [0, 0.05) is 13.1 Å². The summed E-state index contributed by atoms with van der Waals surface area (Å²) >= 11 is 1.34. The molecule has 6 nitrogen and oxygen atoms in total. The SMILES string of the molecule is Cc1ccc2nc(SCC(=O)N(C)[C@@H]3CCS(=O)(=O)C3)[nH]c2c1. The van der Waals surface area contributed by atoms with Crippen LogP contribution in [-0.4, -0.2) is 59.5 Å². The second-order valence-electron chi connectivity index (χ2n) is 5.91. The molecule has 0 radical (unpaired) electrons. The smallest absolute Gasteiger partial charge is 0.233 e. The molecular formula is C15H19N3O3S2. The van der Waals surface area contributed by atoms with Crippen molar-refractivity contribution < 1.29 is 13.2 Å². The first kappa shape index (κ1) is 16.3. The fraction of sp³-hybridized carbons (Fsp3) is 0.467. The van der Waals surface area contributed by atoms with Crippen LogP contribution in [0, 0.1) is 6.92 Å². The van der Waals surface area contributed by atoms with Crippen LogP contribution in [0.15, 0.2) is 23.4 Å². The monoisotopic (exact) mass is 353 g/mol. The van der Waals surface area contributed by atoms with Crippen molar-refractivity contribution in [2.45, 2.75) is 24.5 Å². The van der Waals surface area contributed by atoms with Crippen molar-refractivity contribution in [3.8, 4) is 0 Å². The lowest BCUT2D eigenvalue weighted by Gasteiger charge is -2.22. The summed E-state index contributed by atoms with van der Waals surface area (Å²) < 4.78 is 23.0. The molecule has 1 aromatic carbocycles. The number of aryl methyl sites for hydroxylation is 1. The van der Waals surface area contributed by atoms with E-state index in [9.17, 15) is 13.2 Å². The van der Waals surface area contributed by atoms with Crippen LogP contribution in [0.2, 0.25) is 0 Å². The molecule has 0 aliphatic carbocycles. The Labute approximate surface area is 139 Å². The van der Waals surface area contributed by atoms with Crippen LogP contribution in [0.4, 0.5) is 0 Å². The van der Waals surface area contributed by atoms with E-state index < -0.39 is 9.84 Å². The van der Waals surface area contributed by atoms with Crippen LogP contribution >= 0.6 is 11.8 Å². The molecule has 1 aromatic heterocycles. The van der Waals surface area contributed by atoms with E-state index in [-0.39, 0.29) is 29.2 Å². The van der Waals surface area contributed by atoms with Crippen molar-refractivity contribution in [1.82, 2.24) is 14.9 Å². The molecule has 0 spiro atoms. The van der Waals surface area contributed by atoms with Gasteiger partial charge in [0.1, 0.15) is 0 Å². The Hall–Kier alpha value is -1.54. The maximum absolute atomic E-state index is 12.3. The number of H-pyrrole nitrogens is 1. The van der Waals surface area contributed by atoms with Gasteiger partial charge >= 0.3 is 0 Å². The molecule has 0 saturated carbocycles. The molecule has 3 rings (SSSR count). The Morgan fingerprint density at radius 2 is 2.26 bits per heavy atom. The van der Waals surface area contributed by atoms with Gasteiger partial charge in [0.2, 0.25) is 5.91 Å². The van der Waals surface area contributed by atoms with Gasteiger partial charge in [-0.1, -0.05) is 17.8 Å². The summed E-state index contributed by atoms with van der Waals surface area (Å²) in [5.74, 6) is 0.412. The lowest BCUT2D eigenvalue weighted by Crippen LogP contribution is -2.38. The highest BCUT2D eigenvalue weighted by atomic mass is 32.2. The number of hydrogen-bond donors (Lipinski definition) is 1. The predicted molar refractivity (Wildman–Crippen MR) is 91.4 cm³/mol. The lowest BCUT2D eigenvalue weighted by atomic mass is 10.2. The largest absolute Gasteiger partial charge is 0.341 e. The van der Waals surface area contributed by atoms with Crippen LogP contribution in [0.25, 0.3) is 11.0 Å². The number of benzene rings is 1. The summed E-state index contributed by atoms with van der Waals surface area (Å²) in [4.78, 5) is 21.5. The van der Waals surface area contributed by atoms with E-state index in [1.54, 1.807) is 11.9 Å². The summed E-state index contributed by atoms with van der Waals surface area (Å²) in [7, 11) is -1.30. The third-order valence-corrected chi connectivity index (χ3v) is 6.71. The van der Waals surface area contributed by atoms with Crippen LogP contribution in [-0.2, 0) is 14.6 Å². The van der Waals surface area contributed by atoms with Gasteiger partial charge in [0.05, 0.1) is 28.3 Å². The van der Waals surface area contributed by atoms with Crippen LogP contribution in [0.1, 0.15) is 12.0 Å². The lowest BCUT2D eigenvalue weighted by molar-refractivity contribution is -0.128. The number of thioether (sulfide) groups is 1. The quantitative estimate of drug-likeness (QED) is 0.845. The molecular weight excluding hydrogens is 334 g/mol. The van der Waals surface area contributed by atoms with E-state index in [1.807, 2.05) is 25.1 Å². The Kier molecular flexibility index (Phi) is 4.37. The molecule has 1 aliphatic heterocycles. The number of hydrogen-bond acceptors (Lipinski definition) is 5. The molecule has 1 saturated heterocycles. The zero-order chi connectivity index (χ0) is 16.6. The fourth-order valence-corrected chi connectivity index (χ4v) is 5.27. The average molecular weight is 353 g/mol. The second kappa shape index (κ2) is 6.16. The second-order valence-corrected chi connectivity index (χ2v) is 9.11. The summed E-state index contributed by atoms with van der Waals surface area (Å²) in [5, 5.41) is 0.700. The number of sulfone groups is 1. The fourth-order valence-electron chi connectivity index (χ4n) is 2.68. The van der Waals surface area contributed by atoms with Gasteiger partial charge in [-0.25, -0.2) is 13.4 Å². The number of imidazole rings is 1. The molecule has 23 heavy (non-hydrogen) atoms. The van der Waals surface area contributed by atoms with Gasteiger partial charge in [-0.2, -0.15) is 0 Å². The van der Waals surface area contributed by atoms with Crippen LogP contribution < -0.4 is 0 Å². The number of aromatic nitrogens is 2. The topological polar surface area (TPSA) is 83.1 Å². The highest BCUT2D eigenvalue weighted by Gasteiger charge is 2.32. The zero-order valence-corrected chi connectivity index (χ0v) is 14.7. The molecule has 1 atom stereocenters. The predicted octanol–water partition coefficient (Wildman–Crippen LogP) is 1.61. The van der Waals surface area contributed by atoms with E-state index in [0.717, 1.165) is 16.6 Å². The van der Waals surface area contributed by atoms with Crippen molar-refractivity contribution in [2.24, 2.45) is 0 Å². The van der Waals surface area contributed by atoms with Crippen molar-refractivity contribution in [3.63, 3.8) is 0 Å². The molecule has 1 aliphatic rings. The Balaban J connectivity index is 1.61. The van der Waals surface area contributed by atoms with Gasteiger partial charge in [-0.15, -0.1) is 0 Å². The Morgan fingerprint density at radius 3 is 2.96 bits per heavy atom. The minimum Gasteiger partial charge on any atom is -0.341 e. The highest BCUT2D eigenvalue weighted by molar-refractivity contribution is 7.99. The minimum atomic E-state index is -2.98. The highest BCUT2D eigenvalue weighted by Crippen LogP contribution is 2.22. The molecule has 2 heterocycles. The van der Waals surface area contributed by atoms with E-state index in [4.69, 9.17) is 0 Å². The van der Waals surface area contributed by atoms with Crippen molar-refractivity contribution in [1.29, 1.82) is 0 Å². The van der Waals surface area contributed by atoms with Crippen molar-refractivity contribution in [2.75, 3.05) is 24.3 Å². The number of aromatic amines is 1. The molecule has 124 valence electrons. The number of carbonyl (C=O) groups excluding carboxylic acids is 1. The number of rotatable bonds is 4. The van der Waals surface area contributed by atoms with E-state index in [1.165, 1.54) is 11.8 Å². The summed E-state index contributed by atoms with van der Waals surface area (Å²) in [6, 6.07) is 5.76. The molecule has 2 aromatic rings. The minimum absolute atomic E-state index is 0.0732. The number of nitrogens with zero attached hydrogens (tertiary/aromatic N) is 2. The molecule has 8 heteroatoms. The number of amides is 1. The van der Waals surface area contributed by atoms with E-state index >= 15 is 0 Å². The molecule has 1 N–H and O–H groups in total. The standard InChI is InChI=1S/C15H19N3O3S2/c1-10-3-4-12-13(7-10)17-15(16-12)22-8-14(19)18(2)11-5-6-23(20,21)9-11/h3-4,7,11H,5-6,8-9H2,1-2H3,(H,16,17)/t11-/m1/s1. The number of fused-ring (bicyclic) bond motifs is 1. The molecule has 1 fully saturated rings. The van der Waals surface area contributed by atoms with Crippen molar-refractivity contribution in [3.05, 3.63) is 23.8 Å². The Bertz CT molecular complexity index is 845. The first-order chi connectivity index (χ1) is 10.8. The number of nitrogens with one attached hydrogen (secondary N) is 1. The first-order valence-corrected chi connectivity index (χ1v) is 10.2. The molecule has 0 unspecified atom stereocenters. The zero-order valence-electron chi connectivity index (χ0n) is 13.1. The van der Waals surface area contributed by atoms with Crippen LogP contribution in [0.3, 0.4) is 0 Å². The molecule has 0 bridgehead atoms. The van der Waals surface area contributed by atoms with Crippen molar-refractivity contribution >= 4 is 38.5 Å². The van der Waals surface area contributed by atoms with E-state index in [0.29, 0.717) is 11.6 Å². The number of carbonyl (C=O) groups is 1. The van der Waals surface area contributed by atoms with Gasteiger partial charge in [-0.05, 0) is 31.0 Å². The van der Waals surface area contributed by atoms with E-state index in [2.05, 4.69) is 9.97 Å². The summed E-state index contributed by atoms with van der Waals surface area (Å²) in [5.41, 5.74) is 2.98. The van der Waals surface area contributed by atoms with Crippen LogP contribution in [0.5, 0.6) is 0 Å². The third kappa shape index (κ3) is 3.69. The van der Waals surface area contributed by atoms with Gasteiger partial charge in [0.25, 0.3) is 0 Å². The maximum atomic E-state index is 12.3. The normalized spacial score (nSPS) is 20.0. The maximum Gasteiger partial charge on any atom is 0.233 e. The van der Waals surface area contributed by atoms with Gasteiger partial charge in [0.15, 0.2) is 15.0 Å². The summed E-state index contributed by atoms with van der Waals surface area (Å²) in [6.07, 6.45) is 0.527. The molecule has 1 amide bonds.